The Morgan fingerprint density at radius 3 is 2.92 bits per heavy atom. The van der Waals surface area contributed by atoms with Gasteiger partial charge in [0.1, 0.15) is 0 Å². The fraction of sp³-hybridized carbons (Fsp3) is 0.450. The van der Waals surface area contributed by atoms with Gasteiger partial charge in [-0.3, -0.25) is 0 Å². The molecule has 2 unspecified atom stereocenters. The predicted molar refractivity (Wildman–Crippen MR) is 91.5 cm³/mol. The summed E-state index contributed by atoms with van der Waals surface area (Å²) in [4.78, 5) is 12.5. The van der Waals surface area contributed by atoms with Gasteiger partial charge in [-0.15, -0.1) is 0 Å². The normalized spacial score (nSPS) is 23.0. The fourth-order valence-corrected chi connectivity index (χ4v) is 3.41. The Kier molecular flexibility index (Phi) is 5.05. The van der Waals surface area contributed by atoms with Crippen LogP contribution in [0.25, 0.3) is 0 Å². The Morgan fingerprint density at radius 1 is 1.38 bits per heavy atom. The highest BCUT2D eigenvalue weighted by Crippen LogP contribution is 2.40. The molecule has 3 rings (SSSR count). The first kappa shape index (κ1) is 16.8. The molecule has 1 aromatic carbocycles. The van der Waals surface area contributed by atoms with Gasteiger partial charge in [-0.05, 0) is 62.0 Å². The summed E-state index contributed by atoms with van der Waals surface area (Å²) in [5.41, 5.74) is 5.52. The quantitative estimate of drug-likeness (QED) is 0.357. The summed E-state index contributed by atoms with van der Waals surface area (Å²) in [5, 5.41) is 0. The summed E-state index contributed by atoms with van der Waals surface area (Å²) in [6.07, 6.45) is 4.91. The maximum absolute atomic E-state index is 12.5. The zero-order chi connectivity index (χ0) is 17.1. The average Bonchev–Trinajstić information content (AvgIpc) is 3.16. The number of benzene rings is 1. The van der Waals surface area contributed by atoms with E-state index in [1.54, 1.807) is 6.26 Å². The Labute approximate surface area is 143 Å². The molecule has 1 aliphatic heterocycles. The van der Waals surface area contributed by atoms with Crippen LogP contribution >= 0.6 is 0 Å². The van der Waals surface area contributed by atoms with Gasteiger partial charge in [0.15, 0.2) is 0 Å². The monoisotopic (exact) mass is 328 g/mol. The molecule has 0 fully saturated rings. The topological polar surface area (TPSA) is 44.8 Å². The summed E-state index contributed by atoms with van der Waals surface area (Å²) in [6, 6.07) is 6.26. The van der Waals surface area contributed by atoms with E-state index >= 15 is 0 Å². The molecule has 0 bridgehead atoms. The number of carbonyl (C=O) groups is 1. The molecular weight excluding hydrogens is 304 g/mol. The van der Waals surface area contributed by atoms with Crippen LogP contribution in [0, 0.1) is 6.92 Å². The van der Waals surface area contributed by atoms with Crippen molar-refractivity contribution in [2.75, 3.05) is 13.2 Å². The third-order valence-corrected chi connectivity index (χ3v) is 4.62. The third-order valence-electron chi connectivity index (χ3n) is 4.62. The van der Waals surface area contributed by atoms with Crippen LogP contribution in [0.15, 0.2) is 41.7 Å². The fourth-order valence-electron chi connectivity index (χ4n) is 3.41. The lowest BCUT2D eigenvalue weighted by Crippen LogP contribution is -2.16. The van der Waals surface area contributed by atoms with Crippen LogP contribution in [0.4, 0.5) is 0 Å². The number of ether oxygens (including phenoxy) is 3. The zero-order valence-corrected chi connectivity index (χ0v) is 14.5. The molecule has 0 saturated heterocycles. The summed E-state index contributed by atoms with van der Waals surface area (Å²) in [7, 11) is 0. The molecule has 1 heterocycles. The number of fused-ring (bicyclic) bond motifs is 1. The summed E-state index contributed by atoms with van der Waals surface area (Å²) >= 11 is 0. The van der Waals surface area contributed by atoms with Gasteiger partial charge in [0.2, 0.25) is 6.29 Å². The van der Waals surface area contributed by atoms with Gasteiger partial charge in [0.25, 0.3) is 0 Å². The first-order valence-corrected chi connectivity index (χ1v) is 8.50. The number of hydrogen-bond donors (Lipinski definition) is 0. The Hall–Kier alpha value is -2.07. The molecule has 1 aromatic rings. The van der Waals surface area contributed by atoms with Crippen molar-refractivity contribution >= 4 is 5.97 Å². The highest BCUT2D eigenvalue weighted by molar-refractivity contribution is 5.90. The van der Waals surface area contributed by atoms with E-state index in [0.29, 0.717) is 18.8 Å². The van der Waals surface area contributed by atoms with Crippen LogP contribution in [0.5, 0.6) is 0 Å². The minimum Gasteiger partial charge on any atom is -0.468 e. The van der Waals surface area contributed by atoms with Crippen molar-refractivity contribution in [3.05, 3.63) is 58.4 Å². The number of carbonyl (C=O) groups excluding carboxylic acids is 1. The zero-order valence-electron chi connectivity index (χ0n) is 14.5. The molecule has 2 aliphatic rings. The molecule has 24 heavy (non-hydrogen) atoms. The Bertz CT molecular complexity index is 687. The van der Waals surface area contributed by atoms with E-state index in [1.807, 2.05) is 26.0 Å². The maximum atomic E-state index is 12.5. The summed E-state index contributed by atoms with van der Waals surface area (Å²) in [6.45, 7) is 6.84. The first-order valence-electron chi connectivity index (χ1n) is 8.50. The second-order valence-electron chi connectivity index (χ2n) is 6.36. The lowest BCUT2D eigenvalue weighted by atomic mass is 9.92. The SMILES string of the molecule is CCOC(=O)/C(=C/OC1C=C(C)CO1)C1CCc2c(C)cccc21. The lowest BCUT2D eigenvalue weighted by molar-refractivity contribution is -0.139. The molecule has 0 spiro atoms. The van der Waals surface area contributed by atoms with Crippen molar-refractivity contribution in [2.24, 2.45) is 0 Å². The molecule has 4 heteroatoms. The highest BCUT2D eigenvalue weighted by Gasteiger charge is 2.31. The molecule has 2 atom stereocenters. The van der Waals surface area contributed by atoms with E-state index in [9.17, 15) is 4.79 Å². The van der Waals surface area contributed by atoms with Gasteiger partial charge < -0.3 is 14.2 Å². The van der Waals surface area contributed by atoms with Crippen LogP contribution < -0.4 is 0 Å². The van der Waals surface area contributed by atoms with E-state index in [1.165, 1.54) is 16.7 Å². The minimum absolute atomic E-state index is 0.0189. The van der Waals surface area contributed by atoms with Crippen molar-refractivity contribution in [3.8, 4) is 0 Å². The molecule has 1 aliphatic carbocycles. The molecule has 128 valence electrons. The van der Waals surface area contributed by atoms with Crippen LogP contribution in [0.2, 0.25) is 0 Å². The highest BCUT2D eigenvalue weighted by atomic mass is 16.7. The van der Waals surface area contributed by atoms with E-state index in [2.05, 4.69) is 19.1 Å². The van der Waals surface area contributed by atoms with E-state index in [-0.39, 0.29) is 11.9 Å². The van der Waals surface area contributed by atoms with Crippen molar-refractivity contribution in [2.45, 2.75) is 45.8 Å². The largest absolute Gasteiger partial charge is 0.468 e. The molecule has 0 aromatic heterocycles. The van der Waals surface area contributed by atoms with Gasteiger partial charge in [0, 0.05) is 5.92 Å². The van der Waals surface area contributed by atoms with Crippen molar-refractivity contribution in [1.29, 1.82) is 0 Å². The number of aryl methyl sites for hydroxylation is 1. The molecule has 0 N–H and O–H groups in total. The molecule has 4 nitrogen and oxygen atoms in total. The Balaban J connectivity index is 1.86. The molecule has 0 saturated carbocycles. The van der Waals surface area contributed by atoms with Crippen LogP contribution in [-0.4, -0.2) is 25.5 Å². The smallest absolute Gasteiger partial charge is 0.337 e. The number of rotatable bonds is 5. The van der Waals surface area contributed by atoms with Gasteiger partial charge in [-0.1, -0.05) is 18.2 Å². The van der Waals surface area contributed by atoms with Gasteiger partial charge in [-0.2, -0.15) is 0 Å². The molecule has 0 amide bonds. The maximum Gasteiger partial charge on any atom is 0.337 e. The lowest BCUT2D eigenvalue weighted by Gasteiger charge is -2.17. The van der Waals surface area contributed by atoms with E-state index in [0.717, 1.165) is 18.4 Å². The second-order valence-corrected chi connectivity index (χ2v) is 6.36. The molecular formula is C20H24O4. The van der Waals surface area contributed by atoms with E-state index < -0.39 is 6.29 Å². The van der Waals surface area contributed by atoms with Crippen molar-refractivity contribution in [3.63, 3.8) is 0 Å². The Morgan fingerprint density at radius 2 is 2.21 bits per heavy atom. The second kappa shape index (κ2) is 7.22. The number of esters is 1. The third kappa shape index (κ3) is 3.39. The van der Waals surface area contributed by atoms with Gasteiger partial charge in [0.05, 0.1) is 25.0 Å². The summed E-state index contributed by atoms with van der Waals surface area (Å²) < 4.78 is 16.4. The minimum atomic E-state index is -0.423. The van der Waals surface area contributed by atoms with E-state index in [4.69, 9.17) is 14.2 Å². The van der Waals surface area contributed by atoms with Crippen molar-refractivity contribution in [1.82, 2.24) is 0 Å². The van der Waals surface area contributed by atoms with Crippen molar-refractivity contribution < 1.29 is 19.0 Å². The standard InChI is InChI=1S/C20H24O4/c1-4-22-20(21)18(12-24-19-10-13(2)11-23-19)17-9-8-15-14(3)6-5-7-16(15)17/h5-7,10,12,17,19H,4,8-9,11H2,1-3H3/b18-12+. The van der Waals surface area contributed by atoms with Gasteiger partial charge >= 0.3 is 5.97 Å². The first-order chi connectivity index (χ1) is 11.6. The van der Waals surface area contributed by atoms with Crippen LogP contribution in [-0.2, 0) is 25.4 Å². The van der Waals surface area contributed by atoms with Crippen LogP contribution in [0.3, 0.4) is 0 Å². The number of hydrogen-bond acceptors (Lipinski definition) is 4. The van der Waals surface area contributed by atoms with Crippen LogP contribution in [0.1, 0.15) is 42.9 Å². The predicted octanol–water partition coefficient (Wildman–Crippen LogP) is 3.79. The van der Waals surface area contributed by atoms with Gasteiger partial charge in [-0.25, -0.2) is 4.79 Å². The summed E-state index contributed by atoms with van der Waals surface area (Å²) in [5.74, 6) is -0.291. The average molecular weight is 328 g/mol. The molecule has 0 radical (unpaired) electrons.